The van der Waals surface area contributed by atoms with Crippen LogP contribution < -0.4 is 0 Å². The summed E-state index contributed by atoms with van der Waals surface area (Å²) in [6.45, 7) is 1.84. The molecule has 0 aromatic heterocycles. The Balaban J connectivity index is 2.99. The largest absolute Gasteiger partial charge is 0.488 e. The van der Waals surface area contributed by atoms with E-state index in [0.29, 0.717) is 5.47 Å². The summed E-state index contributed by atoms with van der Waals surface area (Å²) in [4.78, 5) is 0. The van der Waals surface area contributed by atoms with Gasteiger partial charge in [-0.05, 0) is 12.4 Å². The molecule has 0 bridgehead atoms. The smallest absolute Gasteiger partial charge is 0.423 e. The van der Waals surface area contributed by atoms with Crippen molar-refractivity contribution in [3.05, 3.63) is 47.5 Å². The van der Waals surface area contributed by atoms with Crippen molar-refractivity contribution in [1.82, 2.24) is 0 Å². The van der Waals surface area contributed by atoms with Crippen molar-refractivity contribution in [2.24, 2.45) is 0 Å². The molecule has 1 aliphatic carbocycles. The molecular formula is C9H11BO2. The molecule has 0 aromatic rings. The normalized spacial score (nSPS) is 16.2. The van der Waals surface area contributed by atoms with Gasteiger partial charge in [-0.3, -0.25) is 0 Å². The van der Waals surface area contributed by atoms with E-state index in [-0.39, 0.29) is 0 Å². The van der Waals surface area contributed by atoms with E-state index < -0.39 is 7.12 Å². The second kappa shape index (κ2) is 4.09. The third-order valence-electron chi connectivity index (χ3n) is 1.69. The Bertz CT molecular complexity index is 272. The average molecular weight is 162 g/mol. The van der Waals surface area contributed by atoms with Crippen molar-refractivity contribution in [3.63, 3.8) is 0 Å². The molecule has 0 amide bonds. The monoisotopic (exact) mass is 162 g/mol. The Labute approximate surface area is 72.4 Å². The van der Waals surface area contributed by atoms with E-state index in [1.54, 1.807) is 12.2 Å². The Morgan fingerprint density at radius 3 is 2.17 bits per heavy atom. The molecule has 0 unspecified atom stereocenters. The van der Waals surface area contributed by atoms with Crippen LogP contribution in [0.1, 0.15) is 6.92 Å². The predicted octanol–water partition coefficient (Wildman–Crippen LogP) is 0.997. The molecule has 0 fully saturated rings. The zero-order chi connectivity index (χ0) is 8.97. The van der Waals surface area contributed by atoms with Crippen molar-refractivity contribution in [2.45, 2.75) is 6.92 Å². The SMILES string of the molecule is CC1=C(B(O)O)C=CC=CC=C1. The second-order valence-corrected chi connectivity index (χ2v) is 2.62. The van der Waals surface area contributed by atoms with Crippen LogP contribution in [0.5, 0.6) is 0 Å². The first-order valence-electron chi connectivity index (χ1n) is 3.80. The molecule has 0 radical (unpaired) electrons. The molecular weight excluding hydrogens is 151 g/mol. The molecule has 3 heteroatoms. The van der Waals surface area contributed by atoms with Crippen molar-refractivity contribution >= 4 is 7.12 Å². The number of rotatable bonds is 1. The number of hydrogen-bond donors (Lipinski definition) is 2. The van der Waals surface area contributed by atoms with Gasteiger partial charge in [0, 0.05) is 0 Å². The van der Waals surface area contributed by atoms with Crippen molar-refractivity contribution < 1.29 is 10.0 Å². The van der Waals surface area contributed by atoms with Gasteiger partial charge >= 0.3 is 7.12 Å². The van der Waals surface area contributed by atoms with Crippen LogP contribution in [0.2, 0.25) is 0 Å². The fraction of sp³-hybridized carbons (Fsp3) is 0.111. The quantitative estimate of drug-likeness (QED) is 0.564. The van der Waals surface area contributed by atoms with Gasteiger partial charge in [-0.2, -0.15) is 0 Å². The van der Waals surface area contributed by atoms with Crippen LogP contribution in [-0.4, -0.2) is 17.2 Å². The zero-order valence-corrected chi connectivity index (χ0v) is 6.94. The van der Waals surface area contributed by atoms with Crippen molar-refractivity contribution in [1.29, 1.82) is 0 Å². The molecule has 0 aromatic carbocycles. The van der Waals surface area contributed by atoms with Crippen LogP contribution in [0.25, 0.3) is 0 Å². The maximum atomic E-state index is 8.95. The summed E-state index contributed by atoms with van der Waals surface area (Å²) in [6.07, 6.45) is 10.9. The molecule has 12 heavy (non-hydrogen) atoms. The van der Waals surface area contributed by atoms with Crippen LogP contribution in [0.3, 0.4) is 0 Å². The molecule has 0 saturated carbocycles. The van der Waals surface area contributed by atoms with Gasteiger partial charge in [-0.25, -0.2) is 0 Å². The summed E-state index contributed by atoms with van der Waals surface area (Å²) in [5, 5.41) is 17.9. The fourth-order valence-corrected chi connectivity index (χ4v) is 1.00. The van der Waals surface area contributed by atoms with E-state index in [4.69, 9.17) is 10.0 Å². The molecule has 1 aliphatic rings. The molecule has 2 N–H and O–H groups in total. The van der Waals surface area contributed by atoms with E-state index in [0.717, 1.165) is 5.57 Å². The van der Waals surface area contributed by atoms with Gasteiger partial charge in [-0.1, -0.05) is 42.0 Å². The first-order valence-corrected chi connectivity index (χ1v) is 3.80. The van der Waals surface area contributed by atoms with Gasteiger partial charge in [-0.15, -0.1) is 0 Å². The highest BCUT2D eigenvalue weighted by atomic mass is 16.4. The summed E-state index contributed by atoms with van der Waals surface area (Å²) < 4.78 is 0. The maximum Gasteiger partial charge on any atom is 0.488 e. The van der Waals surface area contributed by atoms with Gasteiger partial charge in [0.05, 0.1) is 0 Å². The van der Waals surface area contributed by atoms with Crippen LogP contribution >= 0.6 is 0 Å². The Morgan fingerprint density at radius 1 is 1.00 bits per heavy atom. The minimum absolute atomic E-state index is 0.538. The summed E-state index contributed by atoms with van der Waals surface area (Å²) in [6, 6.07) is 0. The Hall–Kier alpha value is -1.06. The summed E-state index contributed by atoms with van der Waals surface area (Å²) in [5.74, 6) is 0. The van der Waals surface area contributed by atoms with Gasteiger partial charge in [0.25, 0.3) is 0 Å². The lowest BCUT2D eigenvalue weighted by Gasteiger charge is -2.03. The molecule has 0 spiro atoms. The molecule has 62 valence electrons. The molecule has 0 aliphatic heterocycles. The van der Waals surface area contributed by atoms with Crippen LogP contribution in [-0.2, 0) is 0 Å². The average Bonchev–Trinajstić information content (AvgIpc) is 1.96. The van der Waals surface area contributed by atoms with Crippen molar-refractivity contribution in [3.8, 4) is 0 Å². The highest BCUT2D eigenvalue weighted by Gasteiger charge is 2.13. The molecule has 0 saturated heterocycles. The Kier molecular flexibility index (Phi) is 3.08. The molecule has 1 rings (SSSR count). The second-order valence-electron chi connectivity index (χ2n) is 2.62. The minimum Gasteiger partial charge on any atom is -0.423 e. The summed E-state index contributed by atoms with van der Waals surface area (Å²) in [5.41, 5.74) is 1.40. The van der Waals surface area contributed by atoms with Gasteiger partial charge < -0.3 is 10.0 Å². The van der Waals surface area contributed by atoms with Gasteiger partial charge in [0.1, 0.15) is 0 Å². The van der Waals surface area contributed by atoms with E-state index in [2.05, 4.69) is 0 Å². The van der Waals surface area contributed by atoms with E-state index in [1.807, 2.05) is 31.2 Å². The van der Waals surface area contributed by atoms with Crippen LogP contribution in [0, 0.1) is 0 Å². The first kappa shape index (κ1) is 9.04. The first-order chi connectivity index (χ1) is 5.72. The topological polar surface area (TPSA) is 40.5 Å². The summed E-state index contributed by atoms with van der Waals surface area (Å²) >= 11 is 0. The van der Waals surface area contributed by atoms with E-state index in [1.165, 1.54) is 0 Å². The van der Waals surface area contributed by atoms with Gasteiger partial charge in [0.15, 0.2) is 0 Å². The van der Waals surface area contributed by atoms with E-state index in [9.17, 15) is 0 Å². The standard InChI is InChI=1S/C9H11BO2/c1-8-6-4-2-3-5-7-9(8)10(11)12/h2-7,11-12H,1H3. The lowest BCUT2D eigenvalue weighted by molar-refractivity contribution is 0.420. The van der Waals surface area contributed by atoms with Gasteiger partial charge in [0.2, 0.25) is 0 Å². The van der Waals surface area contributed by atoms with Crippen LogP contribution in [0.4, 0.5) is 0 Å². The Morgan fingerprint density at radius 2 is 1.58 bits per heavy atom. The third kappa shape index (κ3) is 2.22. The highest BCUT2D eigenvalue weighted by Crippen LogP contribution is 2.10. The zero-order valence-electron chi connectivity index (χ0n) is 6.94. The molecule has 2 nitrogen and oxygen atoms in total. The minimum atomic E-state index is -1.39. The lowest BCUT2D eigenvalue weighted by Crippen LogP contribution is -2.15. The number of allylic oxidation sites excluding steroid dienone is 8. The predicted molar refractivity (Wildman–Crippen MR) is 50.3 cm³/mol. The van der Waals surface area contributed by atoms with Crippen LogP contribution in [0.15, 0.2) is 47.5 Å². The summed E-state index contributed by atoms with van der Waals surface area (Å²) in [7, 11) is -1.39. The molecule has 0 heterocycles. The van der Waals surface area contributed by atoms with Crippen molar-refractivity contribution in [2.75, 3.05) is 0 Å². The number of hydrogen-bond acceptors (Lipinski definition) is 2. The highest BCUT2D eigenvalue weighted by molar-refractivity contribution is 6.52. The lowest BCUT2D eigenvalue weighted by atomic mass is 9.76. The maximum absolute atomic E-state index is 8.95. The van der Waals surface area contributed by atoms with E-state index >= 15 is 0 Å². The fourth-order valence-electron chi connectivity index (χ4n) is 1.00. The third-order valence-corrected chi connectivity index (χ3v) is 1.69. The molecule has 0 atom stereocenters.